The summed E-state index contributed by atoms with van der Waals surface area (Å²) >= 11 is 0. The number of carbonyl (C=O) groups is 1. The summed E-state index contributed by atoms with van der Waals surface area (Å²) in [5.41, 5.74) is 6.25. The Morgan fingerprint density at radius 3 is 2.33 bits per heavy atom. The Bertz CT molecular complexity index is 968. The molecular formula is C25H32N4O. The number of benzene rings is 1. The zero-order chi connectivity index (χ0) is 21.7. The topological polar surface area (TPSA) is 51.0 Å². The molecule has 0 atom stereocenters. The quantitative estimate of drug-likeness (QED) is 0.540. The molecule has 0 saturated heterocycles. The molecule has 0 bridgehead atoms. The second kappa shape index (κ2) is 9.70. The van der Waals surface area contributed by atoms with E-state index in [0.717, 1.165) is 17.9 Å². The van der Waals surface area contributed by atoms with E-state index in [0.29, 0.717) is 25.4 Å². The Hall–Kier alpha value is -2.95. The van der Waals surface area contributed by atoms with E-state index in [2.05, 4.69) is 61.3 Å². The molecule has 2 heterocycles. The molecule has 0 unspecified atom stereocenters. The van der Waals surface area contributed by atoms with Gasteiger partial charge in [0.05, 0.1) is 6.54 Å². The molecule has 0 saturated carbocycles. The zero-order valence-corrected chi connectivity index (χ0v) is 18.7. The Balaban J connectivity index is 1.83. The highest BCUT2D eigenvalue weighted by Gasteiger charge is 2.19. The maximum atomic E-state index is 13.0. The average Bonchev–Trinajstić information content (AvgIpc) is 3.11. The van der Waals surface area contributed by atoms with Gasteiger partial charge in [-0.1, -0.05) is 31.5 Å². The van der Waals surface area contributed by atoms with Crippen molar-refractivity contribution in [2.24, 2.45) is 5.92 Å². The van der Waals surface area contributed by atoms with Crippen LogP contribution in [0.15, 0.2) is 49.1 Å². The number of hydrogen-bond donors (Lipinski definition) is 0. The van der Waals surface area contributed by atoms with Crippen LogP contribution in [0.2, 0.25) is 0 Å². The molecule has 0 aliphatic carbocycles. The lowest BCUT2D eigenvalue weighted by Gasteiger charge is -2.24. The van der Waals surface area contributed by atoms with Gasteiger partial charge in [0.1, 0.15) is 5.82 Å². The fourth-order valence-corrected chi connectivity index (χ4v) is 3.86. The van der Waals surface area contributed by atoms with Crippen molar-refractivity contribution in [3.05, 3.63) is 82.7 Å². The van der Waals surface area contributed by atoms with Crippen molar-refractivity contribution in [3.8, 4) is 0 Å². The molecule has 30 heavy (non-hydrogen) atoms. The summed E-state index contributed by atoms with van der Waals surface area (Å²) in [5.74, 6) is 1.37. The predicted octanol–water partition coefficient (Wildman–Crippen LogP) is 4.83. The summed E-state index contributed by atoms with van der Waals surface area (Å²) in [6, 6.07) is 8.37. The van der Waals surface area contributed by atoms with E-state index >= 15 is 0 Å². The first-order valence-electron chi connectivity index (χ1n) is 10.6. The summed E-state index contributed by atoms with van der Waals surface area (Å²) in [7, 11) is 0. The largest absolute Gasteiger partial charge is 0.331 e. The van der Waals surface area contributed by atoms with E-state index in [1.54, 1.807) is 12.4 Å². The van der Waals surface area contributed by atoms with Crippen molar-refractivity contribution >= 4 is 5.91 Å². The minimum atomic E-state index is 0.152. The van der Waals surface area contributed by atoms with Crippen molar-refractivity contribution in [2.75, 3.05) is 0 Å². The number of aromatic nitrogens is 3. The zero-order valence-electron chi connectivity index (χ0n) is 18.7. The maximum Gasteiger partial charge on any atom is 0.223 e. The lowest BCUT2D eigenvalue weighted by atomic mass is 10.00. The van der Waals surface area contributed by atoms with E-state index in [4.69, 9.17) is 0 Å². The van der Waals surface area contributed by atoms with E-state index in [9.17, 15) is 4.79 Å². The predicted molar refractivity (Wildman–Crippen MR) is 120 cm³/mol. The van der Waals surface area contributed by atoms with Crippen LogP contribution in [0.4, 0.5) is 0 Å². The molecule has 158 valence electrons. The number of pyridine rings is 1. The number of imidazole rings is 1. The van der Waals surface area contributed by atoms with Gasteiger partial charge in [-0.2, -0.15) is 0 Å². The molecule has 1 aromatic carbocycles. The van der Waals surface area contributed by atoms with Gasteiger partial charge < -0.3 is 9.47 Å². The Labute approximate surface area is 179 Å². The van der Waals surface area contributed by atoms with Crippen LogP contribution >= 0.6 is 0 Å². The number of amides is 1. The third-order valence-corrected chi connectivity index (χ3v) is 5.36. The van der Waals surface area contributed by atoms with Gasteiger partial charge >= 0.3 is 0 Å². The molecule has 3 rings (SSSR count). The number of carbonyl (C=O) groups excluding carboxylic acids is 1. The van der Waals surface area contributed by atoms with Gasteiger partial charge in [-0.3, -0.25) is 9.78 Å². The second-order valence-electron chi connectivity index (χ2n) is 8.55. The van der Waals surface area contributed by atoms with Crippen LogP contribution in [0.3, 0.4) is 0 Å². The molecule has 0 fully saturated rings. The van der Waals surface area contributed by atoms with Gasteiger partial charge in [0.25, 0.3) is 0 Å². The molecule has 5 heteroatoms. The Kier molecular flexibility index (Phi) is 7.03. The van der Waals surface area contributed by atoms with Crippen molar-refractivity contribution in [1.82, 2.24) is 19.4 Å². The number of aryl methyl sites for hydroxylation is 3. The number of rotatable bonds is 8. The average molecular weight is 405 g/mol. The van der Waals surface area contributed by atoms with E-state index < -0.39 is 0 Å². The van der Waals surface area contributed by atoms with Crippen LogP contribution in [0.1, 0.15) is 53.9 Å². The smallest absolute Gasteiger partial charge is 0.223 e. The molecule has 5 nitrogen and oxygen atoms in total. The summed E-state index contributed by atoms with van der Waals surface area (Å²) in [4.78, 5) is 23.6. The minimum absolute atomic E-state index is 0.152. The minimum Gasteiger partial charge on any atom is -0.331 e. The van der Waals surface area contributed by atoms with Crippen LogP contribution in [0, 0.1) is 26.7 Å². The van der Waals surface area contributed by atoms with Gasteiger partial charge in [0, 0.05) is 44.3 Å². The molecule has 0 N–H and O–H groups in total. The summed E-state index contributed by atoms with van der Waals surface area (Å²) in [6.07, 6.45) is 7.90. The third kappa shape index (κ3) is 5.56. The summed E-state index contributed by atoms with van der Waals surface area (Å²) in [6.45, 7) is 12.4. The van der Waals surface area contributed by atoms with Gasteiger partial charge in [-0.15, -0.1) is 0 Å². The second-order valence-corrected chi connectivity index (χ2v) is 8.55. The lowest BCUT2D eigenvalue weighted by Crippen LogP contribution is -2.32. The van der Waals surface area contributed by atoms with Crippen molar-refractivity contribution in [3.63, 3.8) is 0 Å². The van der Waals surface area contributed by atoms with Crippen molar-refractivity contribution in [2.45, 2.75) is 60.7 Å². The first-order chi connectivity index (χ1) is 14.3. The molecule has 0 spiro atoms. The highest BCUT2D eigenvalue weighted by atomic mass is 16.2. The Morgan fingerprint density at radius 2 is 1.70 bits per heavy atom. The highest BCUT2D eigenvalue weighted by molar-refractivity contribution is 5.76. The summed E-state index contributed by atoms with van der Waals surface area (Å²) < 4.78 is 2.16. The molecule has 0 aliphatic rings. The Morgan fingerprint density at radius 1 is 1.03 bits per heavy atom. The van der Waals surface area contributed by atoms with Gasteiger partial charge in [-0.05, 0) is 61.1 Å². The van der Waals surface area contributed by atoms with Crippen LogP contribution in [0.5, 0.6) is 0 Å². The lowest BCUT2D eigenvalue weighted by molar-refractivity contribution is -0.133. The standard InChI is InChI=1S/C25H32N4O/c1-18(2)12-25(30)29(15-22-6-8-26-9-7-22)17-24-27-10-11-28(24)16-23-20(4)13-19(3)14-21(23)5/h6-11,13-14,18H,12,15-17H2,1-5H3. The van der Waals surface area contributed by atoms with Crippen LogP contribution in [-0.4, -0.2) is 25.3 Å². The van der Waals surface area contributed by atoms with Crippen LogP contribution < -0.4 is 0 Å². The fraction of sp³-hybridized carbons (Fsp3) is 0.400. The highest BCUT2D eigenvalue weighted by Crippen LogP contribution is 2.19. The van der Waals surface area contributed by atoms with Crippen molar-refractivity contribution in [1.29, 1.82) is 0 Å². The number of hydrogen-bond acceptors (Lipinski definition) is 3. The van der Waals surface area contributed by atoms with E-state index in [-0.39, 0.29) is 5.91 Å². The van der Waals surface area contributed by atoms with Crippen molar-refractivity contribution < 1.29 is 4.79 Å². The molecular weight excluding hydrogens is 372 g/mol. The molecule has 1 amide bonds. The third-order valence-electron chi connectivity index (χ3n) is 5.36. The maximum absolute atomic E-state index is 13.0. The number of nitrogens with zero attached hydrogens (tertiary/aromatic N) is 4. The SMILES string of the molecule is Cc1cc(C)c(Cn2ccnc2CN(Cc2ccncc2)C(=O)CC(C)C)c(C)c1. The van der Waals surface area contributed by atoms with E-state index in [1.807, 2.05) is 29.4 Å². The molecule has 3 aromatic rings. The first-order valence-corrected chi connectivity index (χ1v) is 10.6. The molecule has 2 aromatic heterocycles. The van der Waals surface area contributed by atoms with Gasteiger partial charge in [0.2, 0.25) is 5.91 Å². The van der Waals surface area contributed by atoms with Crippen LogP contribution in [-0.2, 0) is 24.4 Å². The van der Waals surface area contributed by atoms with Gasteiger partial charge in [-0.25, -0.2) is 4.98 Å². The fourth-order valence-electron chi connectivity index (χ4n) is 3.86. The normalized spacial score (nSPS) is 11.1. The van der Waals surface area contributed by atoms with E-state index in [1.165, 1.54) is 22.3 Å². The van der Waals surface area contributed by atoms with Crippen LogP contribution in [0.25, 0.3) is 0 Å². The molecule has 0 aliphatic heterocycles. The summed E-state index contributed by atoms with van der Waals surface area (Å²) in [5, 5.41) is 0. The van der Waals surface area contributed by atoms with Gasteiger partial charge in [0.15, 0.2) is 0 Å². The molecule has 0 radical (unpaired) electrons. The first kappa shape index (κ1) is 21.8. The monoisotopic (exact) mass is 404 g/mol.